The third-order valence-electron chi connectivity index (χ3n) is 4.48. The number of fused-ring (bicyclic) bond motifs is 1. The standard InChI is InChI=1S/C23H15N3O3/c27-21(20-14-17-8-4-5-9-19(17)28-20)24-18-12-10-16(11-13-18)23-26-25-22(29-23)15-6-2-1-3-7-15/h1-14H,(H,24,27). The predicted molar refractivity (Wildman–Crippen MR) is 109 cm³/mol. The van der Waals surface area contributed by atoms with Crippen LogP contribution in [0, 0.1) is 0 Å². The van der Waals surface area contributed by atoms with Gasteiger partial charge in [-0.15, -0.1) is 10.2 Å². The number of nitrogens with zero attached hydrogens (tertiary/aromatic N) is 2. The van der Waals surface area contributed by atoms with Gasteiger partial charge in [-0.3, -0.25) is 4.79 Å². The summed E-state index contributed by atoms with van der Waals surface area (Å²) in [6.45, 7) is 0. The van der Waals surface area contributed by atoms with Crippen LogP contribution in [0.25, 0.3) is 33.9 Å². The minimum absolute atomic E-state index is 0.264. The molecule has 0 spiro atoms. The van der Waals surface area contributed by atoms with Crippen molar-refractivity contribution < 1.29 is 13.6 Å². The van der Waals surface area contributed by atoms with Crippen LogP contribution >= 0.6 is 0 Å². The van der Waals surface area contributed by atoms with Crippen LogP contribution in [0.5, 0.6) is 0 Å². The fourth-order valence-corrected chi connectivity index (χ4v) is 3.02. The van der Waals surface area contributed by atoms with Crippen molar-refractivity contribution in [1.82, 2.24) is 10.2 Å². The van der Waals surface area contributed by atoms with E-state index in [9.17, 15) is 4.79 Å². The number of aromatic nitrogens is 2. The van der Waals surface area contributed by atoms with E-state index in [4.69, 9.17) is 8.83 Å². The highest BCUT2D eigenvalue weighted by atomic mass is 16.4. The van der Waals surface area contributed by atoms with Gasteiger partial charge in [0.25, 0.3) is 5.91 Å². The number of anilines is 1. The molecule has 1 N–H and O–H groups in total. The SMILES string of the molecule is O=C(Nc1ccc(-c2nnc(-c3ccccc3)o2)cc1)c1cc2ccccc2o1. The maximum absolute atomic E-state index is 12.5. The van der Waals surface area contributed by atoms with Crippen LogP contribution in [0.15, 0.2) is 93.8 Å². The molecule has 0 aliphatic heterocycles. The molecule has 3 aromatic carbocycles. The van der Waals surface area contributed by atoms with Gasteiger partial charge in [0.1, 0.15) is 5.58 Å². The molecule has 0 atom stereocenters. The maximum atomic E-state index is 12.5. The van der Waals surface area contributed by atoms with E-state index >= 15 is 0 Å². The number of rotatable bonds is 4. The number of carbonyl (C=O) groups is 1. The number of benzene rings is 3. The topological polar surface area (TPSA) is 81.2 Å². The highest BCUT2D eigenvalue weighted by molar-refractivity contribution is 6.04. The lowest BCUT2D eigenvalue weighted by atomic mass is 10.2. The molecular weight excluding hydrogens is 366 g/mol. The van der Waals surface area contributed by atoms with Crippen LogP contribution in [0.4, 0.5) is 5.69 Å². The minimum Gasteiger partial charge on any atom is -0.451 e. The average Bonchev–Trinajstić information content (AvgIpc) is 3.42. The van der Waals surface area contributed by atoms with Crippen molar-refractivity contribution in [2.75, 3.05) is 5.32 Å². The molecule has 5 aromatic rings. The second kappa shape index (κ2) is 7.09. The summed E-state index contributed by atoms with van der Waals surface area (Å²) in [5, 5.41) is 11.9. The molecule has 5 rings (SSSR count). The molecule has 29 heavy (non-hydrogen) atoms. The summed E-state index contributed by atoms with van der Waals surface area (Å²) >= 11 is 0. The van der Waals surface area contributed by atoms with Gasteiger partial charge < -0.3 is 14.2 Å². The molecule has 0 aliphatic carbocycles. The third-order valence-corrected chi connectivity index (χ3v) is 4.48. The number of amides is 1. The highest BCUT2D eigenvalue weighted by Gasteiger charge is 2.13. The van der Waals surface area contributed by atoms with E-state index in [0.29, 0.717) is 23.1 Å². The Morgan fingerprint density at radius 1 is 0.724 bits per heavy atom. The Labute approximate surface area is 165 Å². The van der Waals surface area contributed by atoms with Gasteiger partial charge in [0.15, 0.2) is 5.76 Å². The molecule has 1 amide bonds. The zero-order chi connectivity index (χ0) is 19.6. The van der Waals surface area contributed by atoms with E-state index in [1.54, 1.807) is 18.2 Å². The smallest absolute Gasteiger partial charge is 0.291 e. The molecule has 0 fully saturated rings. The molecular formula is C23H15N3O3. The Balaban J connectivity index is 1.32. The predicted octanol–water partition coefficient (Wildman–Crippen LogP) is 5.40. The lowest BCUT2D eigenvalue weighted by Gasteiger charge is -2.03. The monoisotopic (exact) mass is 381 g/mol. The van der Waals surface area contributed by atoms with Crippen LogP contribution in [-0.2, 0) is 0 Å². The minimum atomic E-state index is -0.307. The zero-order valence-corrected chi connectivity index (χ0v) is 15.2. The average molecular weight is 381 g/mol. The summed E-state index contributed by atoms with van der Waals surface area (Å²) in [7, 11) is 0. The molecule has 0 radical (unpaired) electrons. The van der Waals surface area contributed by atoms with Gasteiger partial charge in [0.05, 0.1) is 0 Å². The normalized spacial score (nSPS) is 10.9. The molecule has 0 unspecified atom stereocenters. The Morgan fingerprint density at radius 2 is 1.38 bits per heavy atom. The first-order valence-corrected chi connectivity index (χ1v) is 9.05. The van der Waals surface area contributed by atoms with Gasteiger partial charge >= 0.3 is 0 Å². The van der Waals surface area contributed by atoms with Crippen LogP contribution in [0.2, 0.25) is 0 Å². The van der Waals surface area contributed by atoms with Gasteiger partial charge in [-0.1, -0.05) is 36.4 Å². The third kappa shape index (κ3) is 3.39. The molecule has 0 bridgehead atoms. The van der Waals surface area contributed by atoms with Crippen LogP contribution in [0.1, 0.15) is 10.6 Å². The fourth-order valence-electron chi connectivity index (χ4n) is 3.02. The van der Waals surface area contributed by atoms with E-state index in [2.05, 4.69) is 15.5 Å². The molecule has 6 nitrogen and oxygen atoms in total. The van der Waals surface area contributed by atoms with E-state index in [1.165, 1.54) is 0 Å². The zero-order valence-electron chi connectivity index (χ0n) is 15.2. The van der Waals surface area contributed by atoms with Gasteiger partial charge in [-0.2, -0.15) is 0 Å². The number of nitrogens with one attached hydrogen (secondary N) is 1. The molecule has 6 heteroatoms. The van der Waals surface area contributed by atoms with Crippen LogP contribution < -0.4 is 5.32 Å². The Hall–Kier alpha value is -4.19. The Bertz CT molecular complexity index is 1250. The lowest BCUT2D eigenvalue weighted by molar-refractivity contribution is 0.0998. The molecule has 0 aliphatic rings. The molecule has 0 saturated heterocycles. The van der Waals surface area contributed by atoms with Gasteiger partial charge in [0.2, 0.25) is 11.8 Å². The summed E-state index contributed by atoms with van der Waals surface area (Å²) in [6, 6.07) is 26.0. The van der Waals surface area contributed by atoms with Crippen LogP contribution in [-0.4, -0.2) is 16.1 Å². The van der Waals surface area contributed by atoms with Crippen LogP contribution in [0.3, 0.4) is 0 Å². The second-order valence-electron chi connectivity index (χ2n) is 6.46. The Morgan fingerprint density at radius 3 is 2.10 bits per heavy atom. The first-order valence-electron chi connectivity index (χ1n) is 9.05. The molecule has 140 valence electrons. The quantitative estimate of drug-likeness (QED) is 0.451. The van der Waals surface area contributed by atoms with E-state index in [0.717, 1.165) is 16.5 Å². The number of para-hydroxylation sites is 1. The van der Waals surface area contributed by atoms with Gasteiger partial charge in [-0.25, -0.2) is 0 Å². The summed E-state index contributed by atoms with van der Waals surface area (Å²) in [5.41, 5.74) is 2.95. The summed E-state index contributed by atoms with van der Waals surface area (Å²) in [4.78, 5) is 12.5. The first-order chi connectivity index (χ1) is 14.3. The van der Waals surface area contributed by atoms with Gasteiger partial charge in [-0.05, 0) is 48.5 Å². The van der Waals surface area contributed by atoms with Gasteiger partial charge in [0, 0.05) is 22.2 Å². The number of hydrogen-bond acceptors (Lipinski definition) is 5. The van der Waals surface area contributed by atoms with Crippen molar-refractivity contribution in [3.8, 4) is 22.9 Å². The maximum Gasteiger partial charge on any atom is 0.291 e. The lowest BCUT2D eigenvalue weighted by Crippen LogP contribution is -2.10. The molecule has 2 aromatic heterocycles. The van der Waals surface area contributed by atoms with E-state index < -0.39 is 0 Å². The number of furan rings is 1. The van der Waals surface area contributed by atoms with E-state index in [1.807, 2.05) is 66.7 Å². The van der Waals surface area contributed by atoms with Crippen molar-refractivity contribution in [3.05, 3.63) is 90.7 Å². The van der Waals surface area contributed by atoms with Crippen molar-refractivity contribution in [2.45, 2.75) is 0 Å². The second-order valence-corrected chi connectivity index (χ2v) is 6.46. The highest BCUT2D eigenvalue weighted by Crippen LogP contribution is 2.25. The first kappa shape index (κ1) is 16.9. The number of carbonyl (C=O) groups excluding carboxylic acids is 1. The molecule has 0 saturated carbocycles. The van der Waals surface area contributed by atoms with E-state index in [-0.39, 0.29) is 11.7 Å². The Kier molecular flexibility index (Phi) is 4.14. The summed E-state index contributed by atoms with van der Waals surface area (Å²) < 4.78 is 11.3. The summed E-state index contributed by atoms with van der Waals surface area (Å²) in [6.07, 6.45) is 0. The van der Waals surface area contributed by atoms with Crippen molar-refractivity contribution in [2.24, 2.45) is 0 Å². The number of hydrogen-bond donors (Lipinski definition) is 1. The van der Waals surface area contributed by atoms with Crippen molar-refractivity contribution in [1.29, 1.82) is 0 Å². The summed E-state index contributed by atoms with van der Waals surface area (Å²) in [5.74, 6) is 0.833. The molecule has 2 heterocycles. The fraction of sp³-hybridized carbons (Fsp3) is 0. The van der Waals surface area contributed by atoms with Crippen molar-refractivity contribution >= 4 is 22.6 Å². The van der Waals surface area contributed by atoms with Crippen molar-refractivity contribution in [3.63, 3.8) is 0 Å². The largest absolute Gasteiger partial charge is 0.451 e.